The molecule has 2 atom stereocenters. The molecule has 116 valence electrons. The van der Waals surface area contributed by atoms with E-state index in [1.165, 1.54) is 12.7 Å². The average molecular weight is 320 g/mol. The second kappa shape index (κ2) is 5.65. The van der Waals surface area contributed by atoms with Crippen LogP contribution in [0.15, 0.2) is 30.5 Å². The van der Waals surface area contributed by atoms with E-state index >= 15 is 0 Å². The SMILES string of the molecule is COC(=O)N1C[C@H](c2cnn(C)c2Cl)c2ccccc2[C@@H]1C. The minimum absolute atomic E-state index is 0.00676. The maximum absolute atomic E-state index is 12.1. The number of fused-ring (bicyclic) bond motifs is 1. The summed E-state index contributed by atoms with van der Waals surface area (Å²) in [6.45, 7) is 2.53. The van der Waals surface area contributed by atoms with Crippen LogP contribution in [0.5, 0.6) is 0 Å². The number of ether oxygens (including phenoxy) is 1. The number of halogens is 1. The normalized spacial score (nSPS) is 20.6. The molecule has 0 radical (unpaired) electrons. The van der Waals surface area contributed by atoms with Crippen molar-refractivity contribution in [1.82, 2.24) is 14.7 Å². The predicted octanol–water partition coefficient (Wildman–Crippen LogP) is 3.35. The monoisotopic (exact) mass is 319 g/mol. The Labute approximate surface area is 134 Å². The van der Waals surface area contributed by atoms with Crippen molar-refractivity contribution in [1.29, 1.82) is 0 Å². The van der Waals surface area contributed by atoms with Gasteiger partial charge in [-0.3, -0.25) is 4.68 Å². The maximum atomic E-state index is 12.1. The van der Waals surface area contributed by atoms with Crippen molar-refractivity contribution < 1.29 is 9.53 Å². The van der Waals surface area contributed by atoms with Crippen molar-refractivity contribution in [3.8, 4) is 0 Å². The van der Waals surface area contributed by atoms with E-state index in [2.05, 4.69) is 11.2 Å². The number of rotatable bonds is 1. The number of amides is 1. The first kappa shape index (κ1) is 14.9. The smallest absolute Gasteiger partial charge is 0.410 e. The Bertz CT molecular complexity index is 713. The second-order valence-corrected chi connectivity index (χ2v) is 5.85. The van der Waals surface area contributed by atoms with E-state index in [4.69, 9.17) is 16.3 Å². The molecule has 0 N–H and O–H groups in total. The van der Waals surface area contributed by atoms with E-state index in [1.807, 2.05) is 25.1 Å². The molecule has 0 unspecified atom stereocenters. The summed E-state index contributed by atoms with van der Waals surface area (Å²) in [6, 6.07) is 8.10. The summed E-state index contributed by atoms with van der Waals surface area (Å²) in [7, 11) is 3.21. The molecule has 0 spiro atoms. The summed E-state index contributed by atoms with van der Waals surface area (Å²) in [6.07, 6.45) is 1.45. The van der Waals surface area contributed by atoms with E-state index in [1.54, 1.807) is 22.8 Å². The standard InChI is InChI=1S/C16H18ClN3O2/c1-10-11-6-4-5-7-12(11)14(9-20(10)16(21)22-3)13-8-18-19(2)15(13)17/h4-8,10,14H,9H2,1-3H3/t10-,14-/m0/s1. The van der Waals surface area contributed by atoms with Crippen molar-refractivity contribution in [3.63, 3.8) is 0 Å². The lowest BCUT2D eigenvalue weighted by molar-refractivity contribution is 0.102. The van der Waals surface area contributed by atoms with Gasteiger partial charge in [-0.05, 0) is 18.1 Å². The molecule has 22 heavy (non-hydrogen) atoms. The van der Waals surface area contributed by atoms with E-state index in [0.717, 1.165) is 11.1 Å². The van der Waals surface area contributed by atoms with Gasteiger partial charge < -0.3 is 9.64 Å². The second-order valence-electron chi connectivity index (χ2n) is 5.49. The summed E-state index contributed by atoms with van der Waals surface area (Å²) in [5.74, 6) is -0.00676. The lowest BCUT2D eigenvalue weighted by atomic mass is 9.83. The zero-order chi connectivity index (χ0) is 15.9. The minimum Gasteiger partial charge on any atom is -0.453 e. The first-order valence-corrected chi connectivity index (χ1v) is 7.53. The molecule has 2 heterocycles. The third kappa shape index (κ3) is 2.25. The highest BCUT2D eigenvalue weighted by Gasteiger charge is 2.36. The van der Waals surface area contributed by atoms with Gasteiger partial charge in [-0.25, -0.2) is 4.79 Å². The Balaban J connectivity index is 2.11. The molecule has 2 aromatic rings. The van der Waals surface area contributed by atoms with E-state index < -0.39 is 0 Å². The van der Waals surface area contributed by atoms with Crippen molar-refractivity contribution in [2.75, 3.05) is 13.7 Å². The largest absolute Gasteiger partial charge is 0.453 e. The number of carbonyl (C=O) groups is 1. The summed E-state index contributed by atoms with van der Waals surface area (Å²) >= 11 is 6.37. The van der Waals surface area contributed by atoms with E-state index in [0.29, 0.717) is 11.7 Å². The third-order valence-electron chi connectivity index (χ3n) is 4.35. The predicted molar refractivity (Wildman–Crippen MR) is 84.0 cm³/mol. The molecule has 5 nitrogen and oxygen atoms in total. The van der Waals surface area contributed by atoms with Crippen LogP contribution in [0.4, 0.5) is 4.79 Å². The topological polar surface area (TPSA) is 47.4 Å². The fourth-order valence-corrected chi connectivity index (χ4v) is 3.34. The van der Waals surface area contributed by atoms with Crippen LogP contribution < -0.4 is 0 Å². The molecule has 1 amide bonds. The minimum atomic E-state index is -0.327. The van der Waals surface area contributed by atoms with E-state index in [-0.39, 0.29) is 18.1 Å². The Morgan fingerprint density at radius 3 is 2.59 bits per heavy atom. The van der Waals surface area contributed by atoms with Crippen molar-refractivity contribution in [2.45, 2.75) is 18.9 Å². The summed E-state index contributed by atoms with van der Waals surface area (Å²) in [4.78, 5) is 13.8. The van der Waals surface area contributed by atoms with Crippen LogP contribution in [-0.4, -0.2) is 34.4 Å². The van der Waals surface area contributed by atoms with Gasteiger partial charge in [-0.2, -0.15) is 5.10 Å². The number of methoxy groups -OCH3 is 1. The Morgan fingerprint density at radius 1 is 1.32 bits per heavy atom. The van der Waals surface area contributed by atoms with Crippen molar-refractivity contribution in [2.24, 2.45) is 7.05 Å². The summed E-state index contributed by atoms with van der Waals surface area (Å²) in [5.41, 5.74) is 3.23. The average Bonchev–Trinajstić information content (AvgIpc) is 2.87. The van der Waals surface area contributed by atoms with Gasteiger partial charge in [-0.15, -0.1) is 0 Å². The fourth-order valence-electron chi connectivity index (χ4n) is 3.12. The first-order chi connectivity index (χ1) is 10.5. The van der Waals surface area contributed by atoms with Gasteiger partial charge in [0.15, 0.2) is 0 Å². The fraction of sp³-hybridized carbons (Fsp3) is 0.375. The van der Waals surface area contributed by atoms with Crippen molar-refractivity contribution >= 4 is 17.7 Å². The van der Waals surface area contributed by atoms with Crippen LogP contribution in [0.25, 0.3) is 0 Å². The molecular formula is C16H18ClN3O2. The van der Waals surface area contributed by atoms with Crippen LogP contribution in [0, 0.1) is 0 Å². The lowest BCUT2D eigenvalue weighted by Gasteiger charge is -2.38. The third-order valence-corrected chi connectivity index (χ3v) is 4.81. The number of benzene rings is 1. The first-order valence-electron chi connectivity index (χ1n) is 7.15. The van der Waals surface area contributed by atoms with Gasteiger partial charge >= 0.3 is 6.09 Å². The molecule has 0 fully saturated rings. The van der Waals surface area contributed by atoms with Gasteiger partial charge in [-0.1, -0.05) is 35.9 Å². The molecule has 0 bridgehead atoms. The van der Waals surface area contributed by atoms with Gasteiger partial charge in [0.05, 0.1) is 19.3 Å². The van der Waals surface area contributed by atoms with Crippen LogP contribution in [0.2, 0.25) is 5.15 Å². The molecular weight excluding hydrogens is 302 g/mol. The molecule has 1 aliphatic rings. The van der Waals surface area contributed by atoms with Gasteiger partial charge in [0.1, 0.15) is 5.15 Å². The lowest BCUT2D eigenvalue weighted by Crippen LogP contribution is -2.41. The van der Waals surface area contributed by atoms with Crippen LogP contribution in [-0.2, 0) is 11.8 Å². The molecule has 0 aliphatic carbocycles. The highest BCUT2D eigenvalue weighted by Crippen LogP contribution is 2.41. The number of hydrogen-bond acceptors (Lipinski definition) is 3. The van der Waals surface area contributed by atoms with Gasteiger partial charge in [0.2, 0.25) is 0 Å². The highest BCUT2D eigenvalue weighted by atomic mass is 35.5. The van der Waals surface area contributed by atoms with Gasteiger partial charge in [0.25, 0.3) is 0 Å². The molecule has 1 aliphatic heterocycles. The van der Waals surface area contributed by atoms with Crippen molar-refractivity contribution in [3.05, 3.63) is 52.3 Å². The molecule has 0 saturated heterocycles. The van der Waals surface area contributed by atoms with Gasteiger partial charge in [0, 0.05) is 25.1 Å². The van der Waals surface area contributed by atoms with E-state index in [9.17, 15) is 4.79 Å². The number of nitrogens with zero attached hydrogens (tertiary/aromatic N) is 3. The summed E-state index contributed by atoms with van der Waals surface area (Å²) in [5, 5.41) is 4.82. The zero-order valence-corrected chi connectivity index (χ0v) is 13.5. The molecule has 6 heteroatoms. The maximum Gasteiger partial charge on any atom is 0.410 e. The Morgan fingerprint density at radius 2 is 2.00 bits per heavy atom. The quantitative estimate of drug-likeness (QED) is 0.810. The number of carbonyl (C=O) groups excluding carboxylic acids is 1. The number of aryl methyl sites for hydroxylation is 1. The van der Waals surface area contributed by atoms with Crippen LogP contribution in [0.3, 0.4) is 0 Å². The molecule has 1 aromatic carbocycles. The Kier molecular flexibility index (Phi) is 3.83. The summed E-state index contributed by atoms with van der Waals surface area (Å²) < 4.78 is 6.57. The molecule has 1 aromatic heterocycles. The number of aromatic nitrogens is 2. The molecule has 0 saturated carbocycles. The van der Waals surface area contributed by atoms with Crippen LogP contribution >= 0.6 is 11.6 Å². The highest BCUT2D eigenvalue weighted by molar-refractivity contribution is 6.30. The number of hydrogen-bond donors (Lipinski definition) is 0. The zero-order valence-electron chi connectivity index (χ0n) is 12.8. The molecule has 3 rings (SSSR count). The van der Waals surface area contributed by atoms with Crippen LogP contribution in [0.1, 0.15) is 35.6 Å². The Hall–Kier alpha value is -2.01.